The second-order valence-corrected chi connectivity index (χ2v) is 9.87. The molecule has 5 aromatic rings. The normalized spacial score (nSPS) is 10.3. The summed E-state index contributed by atoms with van der Waals surface area (Å²) in [7, 11) is 3.91. The van der Waals surface area contributed by atoms with Gasteiger partial charge in [-0.2, -0.15) is 0 Å². The summed E-state index contributed by atoms with van der Waals surface area (Å²) < 4.78 is 2.16. The van der Waals surface area contributed by atoms with E-state index in [9.17, 15) is 0 Å². The van der Waals surface area contributed by atoms with Crippen LogP contribution in [-0.4, -0.2) is 44.1 Å². The minimum absolute atomic E-state index is 0.730. The summed E-state index contributed by atoms with van der Waals surface area (Å²) >= 11 is 3.09. The van der Waals surface area contributed by atoms with Crippen molar-refractivity contribution in [2.75, 3.05) is 24.9 Å². The third-order valence-corrected chi connectivity index (χ3v) is 6.92. The van der Waals surface area contributed by atoms with E-state index in [1.54, 1.807) is 18.0 Å². The first-order valence-corrected chi connectivity index (χ1v) is 14.6. The van der Waals surface area contributed by atoms with Crippen molar-refractivity contribution >= 4 is 40.4 Å². The van der Waals surface area contributed by atoms with E-state index in [0.29, 0.717) is 0 Å². The lowest BCUT2D eigenvalue weighted by molar-refractivity contribution is 0.851. The van der Waals surface area contributed by atoms with Gasteiger partial charge in [0.15, 0.2) is 10.3 Å². The van der Waals surface area contributed by atoms with Crippen LogP contribution in [-0.2, 0) is 19.9 Å². The number of anilines is 1. The Labute approximate surface area is 232 Å². The quantitative estimate of drug-likeness (QED) is 0.159. The number of benzene rings is 2. The van der Waals surface area contributed by atoms with Crippen molar-refractivity contribution in [1.29, 1.82) is 0 Å². The molecule has 0 amide bonds. The molecule has 3 heterocycles. The summed E-state index contributed by atoms with van der Waals surface area (Å²) in [5.41, 5.74) is 5.62. The molecule has 0 bridgehead atoms. The largest absolute Gasteiger partial charge is 0.372 e. The predicted molar refractivity (Wildman–Crippen MR) is 160 cm³/mol. The highest BCUT2D eigenvalue weighted by Crippen LogP contribution is 2.21. The van der Waals surface area contributed by atoms with E-state index >= 15 is 0 Å². The van der Waals surface area contributed by atoms with Crippen LogP contribution in [0.1, 0.15) is 22.4 Å². The third kappa shape index (κ3) is 7.15. The summed E-state index contributed by atoms with van der Waals surface area (Å²) in [5.74, 6) is 7.05. The van der Waals surface area contributed by atoms with Gasteiger partial charge < -0.3 is 9.88 Å². The van der Waals surface area contributed by atoms with Gasteiger partial charge in [-0.3, -0.25) is 0 Å². The number of fused-ring (bicyclic) bond motifs is 1. The number of hydrogen-bond donors (Lipinski definition) is 1. The van der Waals surface area contributed by atoms with Crippen LogP contribution in [0, 0.1) is 11.8 Å². The van der Waals surface area contributed by atoms with Crippen molar-refractivity contribution in [3.8, 4) is 11.8 Å². The van der Waals surface area contributed by atoms with Gasteiger partial charge in [-0.1, -0.05) is 96.0 Å². The van der Waals surface area contributed by atoms with Crippen molar-refractivity contribution in [2.24, 2.45) is 7.05 Å². The average Bonchev–Trinajstić information content (AvgIpc) is 3.28. The molecule has 0 radical (unpaired) electrons. The fourth-order valence-corrected chi connectivity index (χ4v) is 4.48. The third-order valence-electron chi connectivity index (χ3n) is 5.80. The Morgan fingerprint density at radius 1 is 0.842 bits per heavy atom. The molecular formula is C30H30N6S2. The number of aromatic nitrogens is 5. The molecule has 0 fully saturated rings. The Bertz CT molecular complexity index is 1540. The van der Waals surface area contributed by atoms with E-state index in [1.165, 1.54) is 28.6 Å². The molecule has 0 saturated carbocycles. The van der Waals surface area contributed by atoms with Crippen molar-refractivity contribution in [3.63, 3.8) is 0 Å². The van der Waals surface area contributed by atoms with Crippen LogP contribution in [0.3, 0.4) is 0 Å². The van der Waals surface area contributed by atoms with Crippen molar-refractivity contribution in [1.82, 2.24) is 24.5 Å². The Morgan fingerprint density at radius 3 is 2.13 bits per heavy atom. The van der Waals surface area contributed by atoms with E-state index in [0.717, 1.165) is 45.6 Å². The van der Waals surface area contributed by atoms with Gasteiger partial charge in [0.25, 0.3) is 0 Å². The van der Waals surface area contributed by atoms with E-state index in [1.807, 2.05) is 50.0 Å². The maximum absolute atomic E-state index is 4.57. The summed E-state index contributed by atoms with van der Waals surface area (Å²) in [6.07, 6.45) is 9.27. The Morgan fingerprint density at radius 2 is 1.47 bits per heavy atom. The van der Waals surface area contributed by atoms with Gasteiger partial charge in [-0.15, -0.1) is 0 Å². The lowest BCUT2D eigenvalue weighted by Crippen LogP contribution is -1.99. The first kappa shape index (κ1) is 27.2. The zero-order chi connectivity index (χ0) is 26.7. The maximum atomic E-state index is 4.57. The second-order valence-electron chi connectivity index (χ2n) is 8.33. The van der Waals surface area contributed by atoms with Crippen LogP contribution >= 0.6 is 23.5 Å². The molecule has 0 aliphatic rings. The predicted octanol–water partition coefficient (Wildman–Crippen LogP) is 6.12. The van der Waals surface area contributed by atoms with E-state index in [-0.39, 0.29) is 0 Å². The number of rotatable bonds is 6. The molecule has 8 heteroatoms. The highest BCUT2D eigenvalue weighted by molar-refractivity contribution is 7.98. The lowest BCUT2D eigenvalue weighted by atomic mass is 10.1. The Hall–Kier alpha value is -3.80. The standard InChI is InChI=1S/2C15H15N3S/c1-18-13(8-11-6-4-3-5-7-11)9-12-10-16-15(19-2)17-14(12)18;1-16-14-13(11-17-15(18-14)19-2)10-6-9-12-7-4-3-5-8-12/h3-7,9-10H,8H2,1-2H3;3-5,7-8,11H,9H2,1-2H3,(H,16,17,18). The van der Waals surface area contributed by atoms with E-state index in [4.69, 9.17) is 0 Å². The molecule has 3 aromatic heterocycles. The minimum atomic E-state index is 0.730. The molecule has 0 aliphatic heterocycles. The number of thioether (sulfide) groups is 2. The monoisotopic (exact) mass is 538 g/mol. The molecule has 0 saturated heterocycles. The fourth-order valence-electron chi connectivity index (χ4n) is 3.81. The lowest BCUT2D eigenvalue weighted by Gasteiger charge is -2.04. The summed E-state index contributed by atoms with van der Waals surface area (Å²) in [5, 5.41) is 5.72. The van der Waals surface area contributed by atoms with Crippen LogP contribution in [0.15, 0.2) is 89.4 Å². The van der Waals surface area contributed by atoms with Crippen molar-refractivity contribution in [3.05, 3.63) is 102 Å². The van der Waals surface area contributed by atoms with Gasteiger partial charge in [0.05, 0.1) is 5.56 Å². The summed E-state index contributed by atoms with van der Waals surface area (Å²) in [4.78, 5) is 17.5. The highest BCUT2D eigenvalue weighted by atomic mass is 32.2. The number of nitrogens with one attached hydrogen (secondary N) is 1. The molecule has 0 unspecified atom stereocenters. The molecule has 0 aliphatic carbocycles. The molecule has 6 nitrogen and oxygen atoms in total. The SMILES string of the molecule is CNc1nc(SC)ncc1C#CCc1ccccc1.CSc1ncc2cc(Cc3ccccc3)n(C)c2n1. The molecule has 38 heavy (non-hydrogen) atoms. The minimum Gasteiger partial charge on any atom is -0.372 e. The van der Waals surface area contributed by atoms with Gasteiger partial charge in [-0.05, 0) is 29.7 Å². The topological polar surface area (TPSA) is 68.5 Å². The second kappa shape index (κ2) is 13.7. The van der Waals surface area contributed by atoms with E-state index in [2.05, 4.69) is 91.2 Å². The van der Waals surface area contributed by atoms with Crippen LogP contribution in [0.4, 0.5) is 5.82 Å². The number of hydrogen-bond acceptors (Lipinski definition) is 7. The van der Waals surface area contributed by atoms with Crippen molar-refractivity contribution < 1.29 is 0 Å². The molecular weight excluding hydrogens is 509 g/mol. The average molecular weight is 539 g/mol. The number of aryl methyl sites for hydroxylation is 1. The molecule has 1 N–H and O–H groups in total. The Balaban J connectivity index is 0.000000177. The van der Waals surface area contributed by atoms with Gasteiger partial charge in [0.1, 0.15) is 11.5 Å². The van der Waals surface area contributed by atoms with Crippen LogP contribution < -0.4 is 5.32 Å². The van der Waals surface area contributed by atoms with Crippen LogP contribution in [0.25, 0.3) is 11.0 Å². The zero-order valence-corrected chi connectivity index (χ0v) is 23.6. The van der Waals surface area contributed by atoms with Crippen molar-refractivity contribution in [2.45, 2.75) is 23.2 Å². The molecule has 2 aromatic carbocycles. The number of nitrogens with zero attached hydrogens (tertiary/aromatic N) is 5. The molecule has 0 atom stereocenters. The fraction of sp³-hybridized carbons (Fsp3) is 0.200. The first-order chi connectivity index (χ1) is 18.6. The molecule has 192 valence electrons. The Kier molecular flexibility index (Phi) is 9.79. The van der Waals surface area contributed by atoms with Crippen LogP contribution in [0.2, 0.25) is 0 Å². The molecule has 5 rings (SSSR count). The summed E-state index contributed by atoms with van der Waals surface area (Å²) in [6.45, 7) is 0. The van der Waals surface area contributed by atoms with Gasteiger partial charge >= 0.3 is 0 Å². The zero-order valence-electron chi connectivity index (χ0n) is 22.0. The molecule has 0 spiro atoms. The maximum Gasteiger partial charge on any atom is 0.189 e. The summed E-state index contributed by atoms with van der Waals surface area (Å²) in [6, 6.07) is 22.8. The van der Waals surface area contributed by atoms with Gasteiger partial charge in [0, 0.05) is 50.4 Å². The first-order valence-electron chi connectivity index (χ1n) is 12.1. The van der Waals surface area contributed by atoms with Crippen LogP contribution in [0.5, 0.6) is 0 Å². The van der Waals surface area contributed by atoms with Gasteiger partial charge in [-0.25, -0.2) is 19.9 Å². The smallest absolute Gasteiger partial charge is 0.189 e. The van der Waals surface area contributed by atoms with E-state index < -0.39 is 0 Å². The van der Waals surface area contributed by atoms with Gasteiger partial charge in [0.2, 0.25) is 0 Å². The highest BCUT2D eigenvalue weighted by Gasteiger charge is 2.09.